The van der Waals surface area contributed by atoms with Crippen LogP contribution in [0.2, 0.25) is 0 Å². The summed E-state index contributed by atoms with van der Waals surface area (Å²) in [5.41, 5.74) is 4.38. The predicted octanol–water partition coefficient (Wildman–Crippen LogP) is -1.38. The largest absolute Gasteiger partial charge is 0.480 e. The van der Waals surface area contributed by atoms with E-state index in [0.717, 1.165) is 6.20 Å². The van der Waals surface area contributed by atoms with E-state index in [1.807, 2.05) is 0 Å². The molecule has 1 rings (SSSR count). The van der Waals surface area contributed by atoms with Gasteiger partial charge in [0.15, 0.2) is 5.57 Å². The fraction of sp³-hybridized carbons (Fsp3) is 0.455. The molecule has 0 aromatic heterocycles. The summed E-state index contributed by atoms with van der Waals surface area (Å²) in [5, 5.41) is 11.1. The number of ether oxygens (including phenoxy) is 2. The lowest BCUT2D eigenvalue weighted by Crippen LogP contribution is -2.43. The zero-order valence-electron chi connectivity index (χ0n) is 10.8. The van der Waals surface area contributed by atoms with Gasteiger partial charge in [0, 0.05) is 20.0 Å². The van der Waals surface area contributed by atoms with Crippen LogP contribution < -0.4 is 11.1 Å². The Morgan fingerprint density at radius 2 is 1.85 bits per heavy atom. The van der Waals surface area contributed by atoms with Crippen molar-refractivity contribution in [1.29, 1.82) is 0 Å². The fourth-order valence-corrected chi connectivity index (χ4v) is 1.38. The molecule has 1 heterocycles. The van der Waals surface area contributed by atoms with Gasteiger partial charge in [-0.3, -0.25) is 4.79 Å². The molecule has 20 heavy (non-hydrogen) atoms. The van der Waals surface area contributed by atoms with Gasteiger partial charge >= 0.3 is 17.9 Å². The number of carbonyl (C=O) groups is 4. The highest BCUT2D eigenvalue weighted by Crippen LogP contribution is 2.22. The number of nitrogens with two attached hydrogens (primary N) is 1. The number of amides is 1. The van der Waals surface area contributed by atoms with Crippen LogP contribution in [0.1, 0.15) is 20.3 Å². The van der Waals surface area contributed by atoms with Gasteiger partial charge in [-0.1, -0.05) is 0 Å². The molecule has 0 unspecified atom stereocenters. The lowest BCUT2D eigenvalue weighted by molar-refractivity contribution is -0.222. The van der Waals surface area contributed by atoms with Crippen LogP contribution in [0.15, 0.2) is 11.8 Å². The zero-order chi connectivity index (χ0) is 15.5. The minimum atomic E-state index is -1.38. The second kappa shape index (κ2) is 5.59. The summed E-state index contributed by atoms with van der Waals surface area (Å²) in [6, 6.07) is -1.37. The van der Waals surface area contributed by atoms with E-state index in [2.05, 4.69) is 5.32 Å². The second-order valence-electron chi connectivity index (χ2n) is 4.46. The van der Waals surface area contributed by atoms with Crippen LogP contribution in [0, 0.1) is 0 Å². The van der Waals surface area contributed by atoms with E-state index >= 15 is 0 Å². The Balaban J connectivity index is 2.83. The average molecular weight is 286 g/mol. The summed E-state index contributed by atoms with van der Waals surface area (Å²) in [4.78, 5) is 44.6. The van der Waals surface area contributed by atoms with Crippen LogP contribution in [0.5, 0.6) is 0 Å². The van der Waals surface area contributed by atoms with Crippen LogP contribution in [0.4, 0.5) is 0 Å². The Hall–Kier alpha value is -2.58. The van der Waals surface area contributed by atoms with Crippen molar-refractivity contribution < 1.29 is 33.8 Å². The molecule has 0 aromatic rings. The normalized spacial score (nSPS) is 18.6. The molecule has 0 bridgehead atoms. The van der Waals surface area contributed by atoms with Crippen LogP contribution in [-0.4, -0.2) is 40.8 Å². The van der Waals surface area contributed by atoms with Crippen LogP contribution in [0.25, 0.3) is 0 Å². The van der Waals surface area contributed by atoms with Gasteiger partial charge < -0.3 is 25.6 Å². The number of rotatable bonds is 5. The molecule has 0 saturated carbocycles. The smallest absolute Gasteiger partial charge is 0.350 e. The first-order valence-electron chi connectivity index (χ1n) is 5.56. The van der Waals surface area contributed by atoms with Crippen molar-refractivity contribution in [3.8, 4) is 0 Å². The number of nitrogens with one attached hydrogen (secondary N) is 1. The molecule has 1 aliphatic rings. The van der Waals surface area contributed by atoms with Crippen molar-refractivity contribution in [2.75, 3.05) is 0 Å². The molecule has 0 radical (unpaired) electrons. The van der Waals surface area contributed by atoms with E-state index in [4.69, 9.17) is 20.3 Å². The second-order valence-corrected chi connectivity index (χ2v) is 4.46. The van der Waals surface area contributed by atoms with Gasteiger partial charge in [-0.2, -0.15) is 0 Å². The topological polar surface area (TPSA) is 145 Å². The summed E-state index contributed by atoms with van der Waals surface area (Å²) in [6.45, 7) is 2.75. The van der Waals surface area contributed by atoms with E-state index in [-0.39, 0.29) is 0 Å². The van der Waals surface area contributed by atoms with Crippen molar-refractivity contribution >= 4 is 23.8 Å². The first-order valence-corrected chi connectivity index (χ1v) is 5.56. The third-order valence-corrected chi connectivity index (χ3v) is 2.25. The Bertz CT molecular complexity index is 473. The number of carboxylic acids is 1. The minimum Gasteiger partial charge on any atom is -0.480 e. The maximum atomic E-state index is 11.6. The van der Waals surface area contributed by atoms with Crippen LogP contribution in [0.3, 0.4) is 0 Å². The zero-order valence-corrected chi connectivity index (χ0v) is 10.8. The molecule has 1 atom stereocenters. The maximum absolute atomic E-state index is 11.6. The molecule has 1 aliphatic heterocycles. The Morgan fingerprint density at radius 3 is 2.25 bits per heavy atom. The molecular formula is C11H14N2O7. The predicted molar refractivity (Wildman–Crippen MR) is 62.7 cm³/mol. The summed E-state index contributed by atoms with van der Waals surface area (Å²) in [6.07, 6.45) is 0.330. The highest BCUT2D eigenvalue weighted by Gasteiger charge is 2.39. The van der Waals surface area contributed by atoms with Crippen molar-refractivity contribution in [1.82, 2.24) is 5.32 Å². The quantitative estimate of drug-likeness (QED) is 0.318. The van der Waals surface area contributed by atoms with Crippen LogP contribution >= 0.6 is 0 Å². The van der Waals surface area contributed by atoms with E-state index in [1.165, 1.54) is 13.8 Å². The van der Waals surface area contributed by atoms with E-state index < -0.39 is 47.6 Å². The highest BCUT2D eigenvalue weighted by atomic mass is 16.7. The first kappa shape index (κ1) is 15.5. The number of aliphatic carboxylic acids is 1. The summed E-state index contributed by atoms with van der Waals surface area (Å²) < 4.78 is 9.60. The lowest BCUT2D eigenvalue weighted by atomic mass is 10.2. The summed E-state index contributed by atoms with van der Waals surface area (Å²) >= 11 is 0. The SMILES string of the molecule is CC1(C)OC(=O)C(=CN[C@@H](CC(N)=O)C(=O)O)C(=O)O1. The molecule has 1 amide bonds. The number of esters is 2. The van der Waals surface area contributed by atoms with Crippen molar-refractivity contribution in [3.05, 3.63) is 11.8 Å². The van der Waals surface area contributed by atoms with Gasteiger partial charge in [-0.15, -0.1) is 0 Å². The molecule has 110 valence electrons. The maximum Gasteiger partial charge on any atom is 0.350 e. The van der Waals surface area contributed by atoms with Gasteiger partial charge in [-0.25, -0.2) is 14.4 Å². The molecular weight excluding hydrogens is 272 g/mol. The number of hydrogen-bond acceptors (Lipinski definition) is 7. The highest BCUT2D eigenvalue weighted by molar-refractivity contribution is 6.15. The third kappa shape index (κ3) is 3.97. The number of carboxylic acid groups (broad SMARTS) is 1. The van der Waals surface area contributed by atoms with Crippen molar-refractivity contribution in [3.63, 3.8) is 0 Å². The Kier molecular flexibility index (Phi) is 4.33. The number of cyclic esters (lactones) is 2. The Labute approximate surface area is 113 Å². The number of hydrogen-bond donors (Lipinski definition) is 3. The van der Waals surface area contributed by atoms with Gasteiger partial charge in [-0.05, 0) is 0 Å². The van der Waals surface area contributed by atoms with E-state index in [9.17, 15) is 19.2 Å². The number of primary amides is 1. The Morgan fingerprint density at radius 1 is 1.35 bits per heavy atom. The average Bonchev–Trinajstić information content (AvgIpc) is 2.23. The lowest BCUT2D eigenvalue weighted by Gasteiger charge is -2.29. The van der Waals surface area contributed by atoms with E-state index in [0.29, 0.717) is 0 Å². The molecule has 1 saturated heterocycles. The molecule has 0 aliphatic carbocycles. The fourth-order valence-electron chi connectivity index (χ4n) is 1.38. The number of carbonyl (C=O) groups excluding carboxylic acids is 3. The molecule has 0 aromatic carbocycles. The molecule has 0 spiro atoms. The van der Waals surface area contributed by atoms with Gasteiger partial charge in [0.05, 0.1) is 6.42 Å². The minimum absolute atomic E-state index is 0.500. The van der Waals surface area contributed by atoms with Crippen LogP contribution in [-0.2, 0) is 28.7 Å². The van der Waals surface area contributed by atoms with Crippen molar-refractivity contribution in [2.45, 2.75) is 32.1 Å². The van der Waals surface area contributed by atoms with E-state index in [1.54, 1.807) is 0 Å². The molecule has 9 nitrogen and oxygen atoms in total. The monoisotopic (exact) mass is 286 g/mol. The van der Waals surface area contributed by atoms with Gasteiger partial charge in [0.1, 0.15) is 6.04 Å². The van der Waals surface area contributed by atoms with Gasteiger partial charge in [0.25, 0.3) is 5.79 Å². The summed E-state index contributed by atoms with van der Waals surface area (Å²) in [5.74, 6) is -5.51. The van der Waals surface area contributed by atoms with Crippen molar-refractivity contribution in [2.24, 2.45) is 5.73 Å². The summed E-state index contributed by atoms with van der Waals surface area (Å²) in [7, 11) is 0. The molecule has 1 fully saturated rings. The van der Waals surface area contributed by atoms with Gasteiger partial charge in [0.2, 0.25) is 5.91 Å². The standard InChI is InChI=1S/C11H14N2O7/c1-11(2)19-9(17)5(10(18)20-11)4-13-6(8(15)16)3-7(12)14/h4,6,13H,3H2,1-2H3,(H2,12,14)(H,15,16)/t6-/m0/s1. The molecule has 9 heteroatoms. The first-order chi connectivity index (χ1) is 9.12. The molecule has 4 N–H and O–H groups in total. The third-order valence-electron chi connectivity index (χ3n) is 2.25.